The normalized spacial score (nSPS) is 16.7. The summed E-state index contributed by atoms with van der Waals surface area (Å²) in [4.78, 5) is 17.7. The molecule has 1 aliphatic heterocycles. The summed E-state index contributed by atoms with van der Waals surface area (Å²) in [5.74, 6) is 0.243. The van der Waals surface area contributed by atoms with Crippen molar-refractivity contribution < 1.29 is 4.79 Å². The van der Waals surface area contributed by atoms with Crippen molar-refractivity contribution in [3.8, 4) is 0 Å². The lowest BCUT2D eigenvalue weighted by Crippen LogP contribution is -2.48. The first kappa shape index (κ1) is 13.5. The number of thiophene rings is 1. The quantitative estimate of drug-likeness (QED) is 0.864. The van der Waals surface area contributed by atoms with Gasteiger partial charge in [-0.25, -0.2) is 0 Å². The molecule has 1 aromatic rings. The van der Waals surface area contributed by atoms with Crippen LogP contribution in [0.15, 0.2) is 17.5 Å². The molecular formula is C13H21N3OS. The lowest BCUT2D eigenvalue weighted by molar-refractivity contribution is -0.132. The molecule has 2 rings (SSSR count). The van der Waals surface area contributed by atoms with Crippen molar-refractivity contribution in [1.82, 2.24) is 15.1 Å². The molecule has 0 radical (unpaired) electrons. The third kappa shape index (κ3) is 3.80. The van der Waals surface area contributed by atoms with E-state index in [1.165, 1.54) is 4.88 Å². The average Bonchev–Trinajstić information content (AvgIpc) is 2.90. The lowest BCUT2D eigenvalue weighted by Gasteiger charge is -2.29. The Morgan fingerprint density at radius 1 is 1.50 bits per heavy atom. The van der Waals surface area contributed by atoms with Crippen LogP contribution in [0.2, 0.25) is 0 Å². The van der Waals surface area contributed by atoms with Gasteiger partial charge in [0.1, 0.15) is 0 Å². The molecule has 1 fully saturated rings. The van der Waals surface area contributed by atoms with Crippen LogP contribution >= 0.6 is 11.3 Å². The van der Waals surface area contributed by atoms with Gasteiger partial charge < -0.3 is 10.2 Å². The van der Waals surface area contributed by atoms with Gasteiger partial charge in [0.05, 0.1) is 13.1 Å². The SMILES string of the molecule is CCN(Cc1cccs1)C(=O)CN1CCNCC1. The van der Waals surface area contributed by atoms with Crippen LogP contribution in [0.4, 0.5) is 0 Å². The summed E-state index contributed by atoms with van der Waals surface area (Å²) in [5, 5.41) is 5.36. The monoisotopic (exact) mass is 267 g/mol. The Labute approximate surface area is 113 Å². The summed E-state index contributed by atoms with van der Waals surface area (Å²) in [6.45, 7) is 8.06. The molecule has 0 saturated carbocycles. The number of hydrogen-bond donors (Lipinski definition) is 1. The van der Waals surface area contributed by atoms with Crippen molar-refractivity contribution in [1.29, 1.82) is 0 Å². The molecule has 0 spiro atoms. The number of carbonyl (C=O) groups excluding carboxylic acids is 1. The van der Waals surface area contributed by atoms with Crippen LogP contribution in [-0.4, -0.2) is 55.0 Å². The van der Waals surface area contributed by atoms with Gasteiger partial charge in [-0.1, -0.05) is 6.07 Å². The fourth-order valence-corrected chi connectivity index (χ4v) is 2.85. The van der Waals surface area contributed by atoms with Gasteiger partial charge in [0.2, 0.25) is 5.91 Å². The summed E-state index contributed by atoms with van der Waals surface area (Å²) in [6.07, 6.45) is 0. The highest BCUT2D eigenvalue weighted by Gasteiger charge is 2.18. The molecular weight excluding hydrogens is 246 g/mol. The summed E-state index contributed by atoms with van der Waals surface area (Å²) in [7, 11) is 0. The number of nitrogens with zero attached hydrogens (tertiary/aromatic N) is 2. The van der Waals surface area contributed by atoms with Crippen molar-refractivity contribution in [2.24, 2.45) is 0 Å². The maximum Gasteiger partial charge on any atom is 0.237 e. The highest BCUT2D eigenvalue weighted by molar-refractivity contribution is 7.09. The van der Waals surface area contributed by atoms with E-state index in [1.54, 1.807) is 11.3 Å². The van der Waals surface area contributed by atoms with Gasteiger partial charge in [-0.05, 0) is 18.4 Å². The molecule has 0 aliphatic carbocycles. The number of nitrogens with one attached hydrogen (secondary N) is 1. The Hall–Kier alpha value is -0.910. The third-order valence-electron chi connectivity index (χ3n) is 3.23. The van der Waals surface area contributed by atoms with Crippen LogP contribution in [0.1, 0.15) is 11.8 Å². The molecule has 1 N–H and O–H groups in total. The molecule has 0 unspecified atom stereocenters. The molecule has 1 aliphatic rings. The Kier molecular flexibility index (Phi) is 5.16. The zero-order chi connectivity index (χ0) is 12.8. The van der Waals surface area contributed by atoms with Gasteiger partial charge in [-0.3, -0.25) is 9.69 Å². The number of piperazine rings is 1. The van der Waals surface area contributed by atoms with E-state index in [1.807, 2.05) is 17.9 Å². The number of rotatable bonds is 5. The molecule has 100 valence electrons. The standard InChI is InChI=1S/C13H21N3OS/c1-2-16(10-12-4-3-9-18-12)13(17)11-15-7-5-14-6-8-15/h3-4,9,14H,2,5-8,10-11H2,1H3. The minimum absolute atomic E-state index is 0.243. The first-order valence-corrected chi connectivity index (χ1v) is 7.41. The number of hydrogen-bond acceptors (Lipinski definition) is 4. The van der Waals surface area contributed by atoms with Gasteiger partial charge in [0.25, 0.3) is 0 Å². The first-order chi connectivity index (χ1) is 8.79. The molecule has 5 heteroatoms. The summed E-state index contributed by atoms with van der Waals surface area (Å²) >= 11 is 1.71. The van der Waals surface area contributed by atoms with Crippen molar-refractivity contribution in [2.75, 3.05) is 39.3 Å². The molecule has 0 atom stereocenters. The van der Waals surface area contributed by atoms with E-state index >= 15 is 0 Å². The Morgan fingerprint density at radius 3 is 2.89 bits per heavy atom. The Morgan fingerprint density at radius 2 is 2.28 bits per heavy atom. The highest BCUT2D eigenvalue weighted by atomic mass is 32.1. The molecule has 2 heterocycles. The van der Waals surface area contributed by atoms with Crippen LogP contribution in [0.3, 0.4) is 0 Å². The lowest BCUT2D eigenvalue weighted by atomic mass is 10.3. The van der Waals surface area contributed by atoms with E-state index in [-0.39, 0.29) is 5.91 Å². The molecule has 18 heavy (non-hydrogen) atoms. The summed E-state index contributed by atoms with van der Waals surface area (Å²) < 4.78 is 0. The topological polar surface area (TPSA) is 35.6 Å². The first-order valence-electron chi connectivity index (χ1n) is 6.53. The fourth-order valence-electron chi connectivity index (χ4n) is 2.13. The van der Waals surface area contributed by atoms with Crippen LogP contribution in [0, 0.1) is 0 Å². The van der Waals surface area contributed by atoms with E-state index in [4.69, 9.17) is 0 Å². The van der Waals surface area contributed by atoms with Gasteiger partial charge >= 0.3 is 0 Å². The van der Waals surface area contributed by atoms with Crippen molar-refractivity contribution in [3.63, 3.8) is 0 Å². The Bertz CT molecular complexity index is 360. The van der Waals surface area contributed by atoms with Crippen molar-refractivity contribution in [2.45, 2.75) is 13.5 Å². The minimum Gasteiger partial charge on any atom is -0.337 e. The van der Waals surface area contributed by atoms with E-state index < -0.39 is 0 Å². The second-order valence-electron chi connectivity index (χ2n) is 4.51. The minimum atomic E-state index is 0.243. The molecule has 0 aromatic carbocycles. The maximum absolute atomic E-state index is 12.2. The molecule has 1 saturated heterocycles. The van der Waals surface area contributed by atoms with E-state index in [9.17, 15) is 4.79 Å². The zero-order valence-electron chi connectivity index (χ0n) is 10.9. The van der Waals surface area contributed by atoms with Crippen LogP contribution in [0.25, 0.3) is 0 Å². The predicted octanol–water partition coefficient (Wildman–Crippen LogP) is 1.00. The zero-order valence-corrected chi connectivity index (χ0v) is 11.7. The molecule has 0 bridgehead atoms. The van der Waals surface area contributed by atoms with E-state index in [0.717, 1.165) is 39.3 Å². The van der Waals surface area contributed by atoms with Gasteiger partial charge in [-0.2, -0.15) is 0 Å². The Balaban J connectivity index is 1.84. The van der Waals surface area contributed by atoms with E-state index in [2.05, 4.69) is 21.7 Å². The van der Waals surface area contributed by atoms with Gasteiger partial charge in [-0.15, -0.1) is 11.3 Å². The van der Waals surface area contributed by atoms with Crippen LogP contribution in [-0.2, 0) is 11.3 Å². The summed E-state index contributed by atoms with van der Waals surface area (Å²) in [6, 6.07) is 4.13. The molecule has 1 aromatic heterocycles. The second kappa shape index (κ2) is 6.87. The van der Waals surface area contributed by atoms with Crippen LogP contribution in [0.5, 0.6) is 0 Å². The highest BCUT2D eigenvalue weighted by Crippen LogP contribution is 2.12. The molecule has 1 amide bonds. The average molecular weight is 267 g/mol. The smallest absolute Gasteiger partial charge is 0.237 e. The second-order valence-corrected chi connectivity index (χ2v) is 5.55. The molecule has 4 nitrogen and oxygen atoms in total. The number of carbonyl (C=O) groups is 1. The van der Waals surface area contributed by atoms with Gasteiger partial charge in [0.15, 0.2) is 0 Å². The number of likely N-dealkylation sites (N-methyl/N-ethyl adjacent to an activating group) is 1. The maximum atomic E-state index is 12.2. The summed E-state index contributed by atoms with van der Waals surface area (Å²) in [5.41, 5.74) is 0. The third-order valence-corrected chi connectivity index (χ3v) is 4.09. The fraction of sp³-hybridized carbons (Fsp3) is 0.615. The largest absolute Gasteiger partial charge is 0.337 e. The van der Waals surface area contributed by atoms with Crippen molar-refractivity contribution >= 4 is 17.2 Å². The van der Waals surface area contributed by atoms with E-state index in [0.29, 0.717) is 6.54 Å². The van der Waals surface area contributed by atoms with Crippen LogP contribution < -0.4 is 5.32 Å². The van der Waals surface area contributed by atoms with Crippen molar-refractivity contribution in [3.05, 3.63) is 22.4 Å². The van der Waals surface area contributed by atoms with Gasteiger partial charge in [0, 0.05) is 37.6 Å². The number of amides is 1. The predicted molar refractivity (Wildman–Crippen MR) is 74.7 cm³/mol.